The van der Waals surface area contributed by atoms with Crippen molar-refractivity contribution >= 4 is 11.8 Å². The monoisotopic (exact) mass is 450 g/mol. The fraction of sp³-hybridized carbons (Fsp3) is 0.923. The van der Waals surface area contributed by atoms with Crippen LogP contribution in [-0.4, -0.2) is 50.2 Å². The Morgan fingerprint density at radius 3 is 1.31 bits per heavy atom. The molecule has 0 aromatic rings. The van der Waals surface area contributed by atoms with Gasteiger partial charge in [-0.25, -0.2) is 0 Å². The van der Waals surface area contributed by atoms with Gasteiger partial charge < -0.3 is 20.8 Å². The lowest BCUT2D eigenvalue weighted by Crippen LogP contribution is -2.71. The molecule has 6 heteroatoms. The Hall–Kier alpha value is -1.14. The van der Waals surface area contributed by atoms with E-state index < -0.39 is 34.6 Å². The van der Waals surface area contributed by atoms with Gasteiger partial charge >= 0.3 is 0 Å². The number of hydrogen-bond acceptors (Lipinski definition) is 4. The number of rotatable bonds is 8. The molecule has 0 saturated heterocycles. The number of carbonyl (C=O) groups is 2. The van der Waals surface area contributed by atoms with Crippen molar-refractivity contribution in [2.45, 2.75) is 134 Å². The van der Waals surface area contributed by atoms with Crippen molar-refractivity contribution in [2.75, 3.05) is 0 Å². The highest BCUT2D eigenvalue weighted by molar-refractivity contribution is 6.05. The van der Waals surface area contributed by atoms with Crippen LogP contribution in [0.2, 0.25) is 0 Å². The molecule has 32 heavy (non-hydrogen) atoms. The molecule has 0 aromatic heterocycles. The molecule has 3 aliphatic carbocycles. The third kappa shape index (κ3) is 4.46. The maximum absolute atomic E-state index is 14.4. The predicted molar refractivity (Wildman–Crippen MR) is 126 cm³/mol. The van der Waals surface area contributed by atoms with E-state index >= 15 is 0 Å². The molecule has 3 fully saturated rings. The van der Waals surface area contributed by atoms with Crippen molar-refractivity contribution in [3.63, 3.8) is 0 Å². The summed E-state index contributed by atoms with van der Waals surface area (Å²) < 4.78 is 0. The van der Waals surface area contributed by atoms with E-state index in [-0.39, 0.29) is 17.7 Å². The molecule has 0 spiro atoms. The van der Waals surface area contributed by atoms with E-state index in [4.69, 9.17) is 5.73 Å². The number of primary amides is 1. The molecule has 3 rings (SSSR count). The number of aliphatic hydroxyl groups is 2. The zero-order valence-corrected chi connectivity index (χ0v) is 20.7. The minimum Gasteiger partial charge on any atom is -0.388 e. The fourth-order valence-corrected chi connectivity index (χ4v) is 7.09. The molecule has 184 valence electrons. The van der Waals surface area contributed by atoms with Gasteiger partial charge in [0.25, 0.3) is 0 Å². The summed E-state index contributed by atoms with van der Waals surface area (Å²) in [4.78, 5) is 28.8. The first-order chi connectivity index (χ1) is 15.0. The van der Waals surface area contributed by atoms with Gasteiger partial charge in [-0.3, -0.25) is 9.59 Å². The minimum atomic E-state index is -1.20. The molecule has 2 atom stereocenters. The lowest BCUT2D eigenvalue weighted by atomic mass is 9.64. The van der Waals surface area contributed by atoms with Crippen LogP contribution in [0.4, 0.5) is 0 Å². The van der Waals surface area contributed by atoms with Gasteiger partial charge in [-0.1, -0.05) is 72.6 Å². The Balaban J connectivity index is 2.15. The quantitative estimate of drug-likeness (QED) is 0.488. The second kappa shape index (κ2) is 9.61. The van der Waals surface area contributed by atoms with Crippen molar-refractivity contribution in [1.29, 1.82) is 0 Å². The molecule has 6 nitrogen and oxygen atoms in total. The van der Waals surface area contributed by atoms with Crippen molar-refractivity contribution in [2.24, 2.45) is 23.0 Å². The normalized spacial score (nSPS) is 26.2. The van der Waals surface area contributed by atoms with Gasteiger partial charge in [-0.05, 0) is 50.4 Å². The molecular formula is C26H46N2O4. The fourth-order valence-electron chi connectivity index (χ4n) is 7.09. The van der Waals surface area contributed by atoms with E-state index in [1.807, 2.05) is 4.90 Å². The Morgan fingerprint density at radius 2 is 1.06 bits per heavy atom. The SMILES string of the molecule is CC(C)[C@@H](N(C(=O)C1(C(N)=O)CCC1)[C@H](C(C)C)C1(O)CCCCC1)C1(O)CCCCC1. The largest absolute Gasteiger partial charge is 0.388 e. The zero-order valence-electron chi connectivity index (χ0n) is 20.7. The first-order valence-corrected chi connectivity index (χ1v) is 13.1. The average Bonchev–Trinajstić information content (AvgIpc) is 2.66. The van der Waals surface area contributed by atoms with Crippen LogP contribution in [0.15, 0.2) is 0 Å². The van der Waals surface area contributed by atoms with E-state index in [0.29, 0.717) is 38.5 Å². The summed E-state index contributed by atoms with van der Waals surface area (Å²) in [5, 5.41) is 23.9. The molecule has 4 N–H and O–H groups in total. The third-order valence-corrected chi connectivity index (χ3v) is 8.72. The number of hydrogen-bond donors (Lipinski definition) is 3. The van der Waals surface area contributed by atoms with E-state index in [2.05, 4.69) is 27.7 Å². The maximum Gasteiger partial charge on any atom is 0.238 e. The van der Waals surface area contributed by atoms with E-state index in [9.17, 15) is 19.8 Å². The van der Waals surface area contributed by atoms with Gasteiger partial charge in [-0.15, -0.1) is 0 Å². The number of nitrogens with zero attached hydrogens (tertiary/aromatic N) is 1. The molecule has 3 saturated carbocycles. The summed E-state index contributed by atoms with van der Waals surface area (Å²) in [6.45, 7) is 8.21. The van der Waals surface area contributed by atoms with E-state index in [1.165, 1.54) is 0 Å². The standard InChI is InChI=1S/C26H46N2O4/c1-18(2)20(25(31)14-7-5-8-15-25)28(23(30)24(22(27)29)12-11-13-24)21(19(3)4)26(32)16-9-6-10-17-26/h18-21,31-32H,5-17H2,1-4H3,(H2,27,29)/t20-,21-/m1/s1. The molecule has 0 aromatic carbocycles. The molecule has 0 aliphatic heterocycles. The van der Waals surface area contributed by atoms with Crippen molar-refractivity contribution < 1.29 is 19.8 Å². The number of nitrogens with two attached hydrogens (primary N) is 1. The van der Waals surface area contributed by atoms with Crippen molar-refractivity contribution in [3.8, 4) is 0 Å². The van der Waals surface area contributed by atoms with Crippen LogP contribution in [0, 0.1) is 17.3 Å². The highest BCUT2D eigenvalue weighted by Crippen LogP contribution is 2.48. The van der Waals surface area contributed by atoms with Crippen LogP contribution in [0.5, 0.6) is 0 Å². The maximum atomic E-state index is 14.4. The van der Waals surface area contributed by atoms with Crippen LogP contribution >= 0.6 is 0 Å². The molecule has 0 unspecified atom stereocenters. The first-order valence-electron chi connectivity index (χ1n) is 13.1. The van der Waals surface area contributed by atoms with Crippen LogP contribution in [0.25, 0.3) is 0 Å². The summed E-state index contributed by atoms with van der Waals surface area (Å²) in [5.74, 6) is -0.845. The summed E-state index contributed by atoms with van der Waals surface area (Å²) >= 11 is 0. The van der Waals surface area contributed by atoms with Gasteiger partial charge in [0, 0.05) is 0 Å². The van der Waals surface area contributed by atoms with Crippen LogP contribution < -0.4 is 5.73 Å². The van der Waals surface area contributed by atoms with Crippen molar-refractivity contribution in [3.05, 3.63) is 0 Å². The number of amides is 2. The third-order valence-electron chi connectivity index (χ3n) is 8.72. The summed E-state index contributed by atoms with van der Waals surface area (Å²) in [5.41, 5.74) is 2.62. The van der Waals surface area contributed by atoms with E-state index in [1.54, 1.807) is 0 Å². The van der Waals surface area contributed by atoms with Gasteiger partial charge in [0.2, 0.25) is 11.8 Å². The Morgan fingerprint density at radius 1 is 0.688 bits per heavy atom. The Labute approximate surface area is 194 Å². The van der Waals surface area contributed by atoms with Gasteiger partial charge in [-0.2, -0.15) is 0 Å². The molecule has 0 radical (unpaired) electrons. The van der Waals surface area contributed by atoms with Gasteiger partial charge in [0.15, 0.2) is 0 Å². The molecular weight excluding hydrogens is 404 g/mol. The second-order valence-corrected chi connectivity index (χ2v) is 11.7. The topological polar surface area (TPSA) is 104 Å². The lowest BCUT2D eigenvalue weighted by molar-refractivity contribution is -0.188. The zero-order chi connectivity index (χ0) is 23.7. The van der Waals surface area contributed by atoms with Gasteiger partial charge in [0.05, 0.1) is 23.3 Å². The molecule has 2 amide bonds. The van der Waals surface area contributed by atoms with E-state index in [0.717, 1.165) is 44.9 Å². The highest BCUT2D eigenvalue weighted by atomic mass is 16.3. The molecule has 0 heterocycles. The van der Waals surface area contributed by atoms with Crippen LogP contribution in [-0.2, 0) is 9.59 Å². The summed E-state index contributed by atoms with van der Waals surface area (Å²) in [7, 11) is 0. The molecule has 0 bridgehead atoms. The second-order valence-electron chi connectivity index (χ2n) is 11.7. The summed E-state index contributed by atoms with van der Waals surface area (Å²) in [6, 6.07) is -0.907. The number of carbonyl (C=O) groups excluding carboxylic acids is 2. The summed E-state index contributed by atoms with van der Waals surface area (Å²) in [6.07, 6.45) is 10.2. The Kier molecular flexibility index (Phi) is 7.66. The smallest absolute Gasteiger partial charge is 0.238 e. The first kappa shape index (κ1) is 25.5. The molecule has 3 aliphatic rings. The minimum absolute atomic E-state index is 0.0134. The van der Waals surface area contributed by atoms with Crippen LogP contribution in [0.1, 0.15) is 111 Å². The van der Waals surface area contributed by atoms with Crippen LogP contribution in [0.3, 0.4) is 0 Å². The highest BCUT2D eigenvalue weighted by Gasteiger charge is 2.59. The van der Waals surface area contributed by atoms with Crippen molar-refractivity contribution in [1.82, 2.24) is 4.90 Å². The lowest BCUT2D eigenvalue weighted by Gasteiger charge is -2.57. The Bertz CT molecular complexity index is 637. The van der Waals surface area contributed by atoms with Gasteiger partial charge in [0.1, 0.15) is 5.41 Å². The predicted octanol–water partition coefficient (Wildman–Crippen LogP) is 3.91. The average molecular weight is 451 g/mol.